The van der Waals surface area contributed by atoms with E-state index in [9.17, 15) is 9.59 Å². The molecule has 6 nitrogen and oxygen atoms in total. The smallest absolute Gasteiger partial charge is 0.314 e. The first-order valence-corrected chi connectivity index (χ1v) is 8.20. The Morgan fingerprint density at radius 1 is 1.18 bits per heavy atom. The molecule has 3 aliphatic rings. The third kappa shape index (κ3) is 2.58. The zero-order valence-electron chi connectivity index (χ0n) is 12.6. The van der Waals surface area contributed by atoms with Gasteiger partial charge in [0.25, 0.3) is 5.91 Å². The van der Waals surface area contributed by atoms with Gasteiger partial charge in [-0.3, -0.25) is 4.79 Å². The maximum Gasteiger partial charge on any atom is 0.314 e. The van der Waals surface area contributed by atoms with Crippen molar-refractivity contribution in [3.8, 4) is 0 Å². The summed E-state index contributed by atoms with van der Waals surface area (Å²) in [6, 6.07) is 1.64. The predicted molar refractivity (Wildman–Crippen MR) is 81.8 cm³/mol. The number of H-pyrrole nitrogens is 1. The number of likely N-dealkylation sites (tertiary alicyclic amines) is 1. The summed E-state index contributed by atoms with van der Waals surface area (Å²) in [6.07, 6.45) is 5.56. The maximum atomic E-state index is 12.6. The highest BCUT2D eigenvalue weighted by molar-refractivity contribution is 5.96. The van der Waals surface area contributed by atoms with Gasteiger partial charge in [0, 0.05) is 30.5 Å². The molecule has 3 fully saturated rings. The fourth-order valence-electron chi connectivity index (χ4n) is 3.33. The summed E-state index contributed by atoms with van der Waals surface area (Å²) in [4.78, 5) is 28.9. The van der Waals surface area contributed by atoms with E-state index in [-0.39, 0.29) is 11.9 Å². The van der Waals surface area contributed by atoms with Gasteiger partial charge in [0.2, 0.25) is 0 Å². The Bertz CT molecular complexity index is 616. The van der Waals surface area contributed by atoms with Crippen molar-refractivity contribution in [3.05, 3.63) is 23.0 Å². The number of hydrogen-bond donors (Lipinski definition) is 3. The number of carbonyl (C=O) groups is 2. The Morgan fingerprint density at radius 2 is 1.91 bits per heavy atom. The number of aromatic nitrogens is 1. The van der Waals surface area contributed by atoms with Crippen molar-refractivity contribution in [1.82, 2.24) is 15.2 Å². The van der Waals surface area contributed by atoms with Crippen LogP contribution in [0.15, 0.2) is 6.07 Å². The van der Waals surface area contributed by atoms with Crippen molar-refractivity contribution >= 4 is 11.9 Å². The standard InChI is InChI=1S/C16H22N4O2/c17-16(22)20-6-5-11(8-20)18-15(21)12-7-13(9-1-2-9)19-14(12)10-3-4-10/h7,9-11,19H,1-6,8H2,(H2,17,22)(H,18,21). The lowest BCUT2D eigenvalue weighted by molar-refractivity contribution is 0.0937. The van der Waals surface area contributed by atoms with E-state index in [2.05, 4.69) is 10.3 Å². The summed E-state index contributed by atoms with van der Waals surface area (Å²) >= 11 is 0. The molecule has 1 unspecified atom stereocenters. The Labute approximate surface area is 129 Å². The van der Waals surface area contributed by atoms with Gasteiger partial charge in [-0.2, -0.15) is 0 Å². The van der Waals surface area contributed by atoms with Crippen molar-refractivity contribution in [1.29, 1.82) is 0 Å². The highest BCUT2D eigenvalue weighted by Gasteiger charge is 2.34. The quantitative estimate of drug-likeness (QED) is 0.789. The van der Waals surface area contributed by atoms with E-state index in [1.807, 2.05) is 6.07 Å². The average molecular weight is 302 g/mol. The van der Waals surface area contributed by atoms with E-state index >= 15 is 0 Å². The SMILES string of the molecule is NC(=O)N1CCC(NC(=O)c2cc(C3CC3)[nH]c2C2CC2)C1. The fourth-order valence-corrected chi connectivity index (χ4v) is 3.33. The Morgan fingerprint density at radius 3 is 2.50 bits per heavy atom. The van der Waals surface area contributed by atoms with Crippen LogP contribution in [0.2, 0.25) is 0 Å². The highest BCUT2D eigenvalue weighted by Crippen LogP contribution is 2.45. The molecule has 2 saturated carbocycles. The molecule has 4 N–H and O–H groups in total. The average Bonchev–Trinajstić information content (AvgIpc) is 3.42. The molecule has 1 atom stereocenters. The van der Waals surface area contributed by atoms with Crippen LogP contribution >= 0.6 is 0 Å². The molecule has 2 aliphatic carbocycles. The normalized spacial score (nSPS) is 24.5. The molecule has 6 heteroatoms. The van der Waals surface area contributed by atoms with E-state index in [0.29, 0.717) is 24.9 Å². The van der Waals surface area contributed by atoms with Gasteiger partial charge in [0.15, 0.2) is 0 Å². The molecule has 4 rings (SSSR count). The second-order valence-electron chi connectivity index (χ2n) is 6.84. The third-order valence-corrected chi connectivity index (χ3v) is 4.95. The molecule has 0 spiro atoms. The molecule has 22 heavy (non-hydrogen) atoms. The zero-order chi connectivity index (χ0) is 15.3. The number of carbonyl (C=O) groups excluding carboxylic acids is 2. The lowest BCUT2D eigenvalue weighted by Crippen LogP contribution is -2.40. The fraction of sp³-hybridized carbons (Fsp3) is 0.625. The van der Waals surface area contributed by atoms with Gasteiger partial charge in [0.05, 0.1) is 5.56 Å². The predicted octanol–water partition coefficient (Wildman–Crippen LogP) is 1.65. The minimum atomic E-state index is -0.409. The number of aromatic amines is 1. The molecule has 3 amide bonds. The van der Waals surface area contributed by atoms with Crippen molar-refractivity contribution in [2.24, 2.45) is 5.73 Å². The third-order valence-electron chi connectivity index (χ3n) is 4.95. The van der Waals surface area contributed by atoms with Gasteiger partial charge in [-0.05, 0) is 50.0 Å². The van der Waals surface area contributed by atoms with Crippen LogP contribution in [0.25, 0.3) is 0 Å². The number of urea groups is 1. The lowest BCUT2D eigenvalue weighted by Gasteiger charge is -2.14. The molecule has 0 aromatic carbocycles. The van der Waals surface area contributed by atoms with Gasteiger partial charge >= 0.3 is 6.03 Å². The molecular formula is C16H22N4O2. The van der Waals surface area contributed by atoms with Crippen molar-refractivity contribution < 1.29 is 9.59 Å². The molecule has 1 aromatic heterocycles. The van der Waals surface area contributed by atoms with E-state index in [1.165, 1.54) is 31.4 Å². The van der Waals surface area contributed by atoms with Crippen LogP contribution in [0.1, 0.15) is 65.7 Å². The number of primary amides is 1. The summed E-state index contributed by atoms with van der Waals surface area (Å²) in [6.45, 7) is 1.13. The number of nitrogens with two attached hydrogens (primary N) is 1. The lowest BCUT2D eigenvalue weighted by atomic mass is 10.1. The minimum absolute atomic E-state index is 0.00586. The van der Waals surface area contributed by atoms with E-state index < -0.39 is 6.03 Å². The molecule has 118 valence electrons. The van der Waals surface area contributed by atoms with Gasteiger partial charge in [-0.1, -0.05) is 0 Å². The second-order valence-corrected chi connectivity index (χ2v) is 6.84. The molecule has 1 saturated heterocycles. The number of nitrogens with one attached hydrogen (secondary N) is 2. The molecule has 0 bridgehead atoms. The van der Waals surface area contributed by atoms with E-state index in [4.69, 9.17) is 5.73 Å². The van der Waals surface area contributed by atoms with Crippen LogP contribution in [0.5, 0.6) is 0 Å². The van der Waals surface area contributed by atoms with Crippen molar-refractivity contribution in [3.63, 3.8) is 0 Å². The molecule has 2 heterocycles. The second kappa shape index (κ2) is 5.04. The van der Waals surface area contributed by atoms with E-state index in [0.717, 1.165) is 17.7 Å². The maximum absolute atomic E-state index is 12.6. The number of nitrogens with zero attached hydrogens (tertiary/aromatic N) is 1. The summed E-state index contributed by atoms with van der Waals surface area (Å²) in [5.74, 6) is 1.14. The summed E-state index contributed by atoms with van der Waals surface area (Å²) in [5.41, 5.74) is 8.43. The summed E-state index contributed by atoms with van der Waals surface area (Å²) in [7, 11) is 0. The van der Waals surface area contributed by atoms with Gasteiger partial charge < -0.3 is 20.9 Å². The van der Waals surface area contributed by atoms with Crippen LogP contribution in [0.4, 0.5) is 4.79 Å². The first kappa shape index (κ1) is 13.7. The highest BCUT2D eigenvalue weighted by atomic mass is 16.2. The number of amides is 3. The molecule has 0 radical (unpaired) electrons. The van der Waals surface area contributed by atoms with Gasteiger partial charge in [0.1, 0.15) is 0 Å². The molecular weight excluding hydrogens is 280 g/mol. The van der Waals surface area contributed by atoms with Crippen LogP contribution in [-0.2, 0) is 0 Å². The zero-order valence-corrected chi connectivity index (χ0v) is 12.6. The van der Waals surface area contributed by atoms with Crippen molar-refractivity contribution in [2.45, 2.75) is 50.0 Å². The topological polar surface area (TPSA) is 91.2 Å². The summed E-state index contributed by atoms with van der Waals surface area (Å²) in [5, 5.41) is 3.07. The largest absolute Gasteiger partial charge is 0.361 e. The number of hydrogen-bond acceptors (Lipinski definition) is 2. The van der Waals surface area contributed by atoms with Crippen LogP contribution < -0.4 is 11.1 Å². The molecule has 1 aliphatic heterocycles. The Kier molecular flexibility index (Phi) is 3.13. The minimum Gasteiger partial charge on any atom is -0.361 e. The van der Waals surface area contributed by atoms with E-state index in [1.54, 1.807) is 4.90 Å². The first-order valence-electron chi connectivity index (χ1n) is 8.20. The number of rotatable bonds is 4. The van der Waals surface area contributed by atoms with Crippen LogP contribution in [0.3, 0.4) is 0 Å². The monoisotopic (exact) mass is 302 g/mol. The summed E-state index contributed by atoms with van der Waals surface area (Å²) < 4.78 is 0. The first-order chi connectivity index (χ1) is 10.6. The Balaban J connectivity index is 1.47. The van der Waals surface area contributed by atoms with Crippen molar-refractivity contribution in [2.75, 3.05) is 13.1 Å². The van der Waals surface area contributed by atoms with Crippen LogP contribution in [-0.4, -0.2) is 41.0 Å². The molecule has 1 aromatic rings. The van der Waals surface area contributed by atoms with Gasteiger partial charge in [-0.15, -0.1) is 0 Å². The van der Waals surface area contributed by atoms with Crippen LogP contribution in [0, 0.1) is 0 Å². The Hall–Kier alpha value is -1.98. The van der Waals surface area contributed by atoms with Gasteiger partial charge in [-0.25, -0.2) is 4.79 Å².